The molecule has 4 heteroatoms. The summed E-state index contributed by atoms with van der Waals surface area (Å²) < 4.78 is 0. The van der Waals surface area contributed by atoms with E-state index in [2.05, 4.69) is 17.1 Å². The van der Waals surface area contributed by atoms with Gasteiger partial charge >= 0.3 is 0 Å². The Morgan fingerprint density at radius 1 is 1.31 bits per heavy atom. The smallest absolute Gasteiger partial charge is 0.0377 e. The zero-order chi connectivity index (χ0) is 9.68. The van der Waals surface area contributed by atoms with Gasteiger partial charge in [-0.15, -0.1) is 0 Å². The van der Waals surface area contributed by atoms with E-state index < -0.39 is 0 Å². The van der Waals surface area contributed by atoms with Gasteiger partial charge in [0.1, 0.15) is 0 Å². The average molecular weight is 186 g/mol. The summed E-state index contributed by atoms with van der Waals surface area (Å²) in [5.74, 6) is 0. The lowest BCUT2D eigenvalue weighted by molar-refractivity contribution is -0.0156. The van der Waals surface area contributed by atoms with Crippen LogP contribution in [-0.4, -0.2) is 49.3 Å². The van der Waals surface area contributed by atoms with E-state index in [0.717, 1.165) is 13.0 Å². The van der Waals surface area contributed by atoms with Crippen molar-refractivity contribution >= 4 is 0 Å². The minimum absolute atomic E-state index is 0.420. The van der Waals surface area contributed by atoms with Crippen molar-refractivity contribution in [2.45, 2.75) is 25.3 Å². The van der Waals surface area contributed by atoms with Crippen molar-refractivity contribution < 1.29 is 0 Å². The summed E-state index contributed by atoms with van der Waals surface area (Å²) in [7, 11) is 2.12. The van der Waals surface area contributed by atoms with Crippen LogP contribution in [0.2, 0.25) is 0 Å². The van der Waals surface area contributed by atoms with Crippen molar-refractivity contribution in [3.8, 4) is 0 Å². The first kappa shape index (κ1) is 10.9. The van der Waals surface area contributed by atoms with Gasteiger partial charge in [0.25, 0.3) is 0 Å². The van der Waals surface area contributed by atoms with E-state index in [9.17, 15) is 0 Å². The molecule has 0 aromatic rings. The van der Waals surface area contributed by atoms with Gasteiger partial charge in [0, 0.05) is 32.7 Å². The van der Waals surface area contributed by atoms with Crippen LogP contribution in [0.5, 0.6) is 0 Å². The van der Waals surface area contributed by atoms with Gasteiger partial charge in [-0.05, 0) is 25.8 Å². The van der Waals surface area contributed by atoms with Crippen LogP contribution >= 0.6 is 0 Å². The second kappa shape index (κ2) is 5.54. The van der Waals surface area contributed by atoms with Crippen molar-refractivity contribution in [3.05, 3.63) is 0 Å². The minimum atomic E-state index is 0.420. The average Bonchev–Trinajstić information content (AvgIpc) is 2.65. The Hall–Kier alpha value is -0.160. The third-order valence-corrected chi connectivity index (χ3v) is 2.83. The Bertz CT molecular complexity index is 134. The SMILES string of the molecule is CN(C(CN)CCN)N1CCCC1. The lowest BCUT2D eigenvalue weighted by atomic mass is 10.2. The first-order valence-corrected chi connectivity index (χ1v) is 5.17. The molecule has 0 bridgehead atoms. The van der Waals surface area contributed by atoms with E-state index in [1.54, 1.807) is 0 Å². The van der Waals surface area contributed by atoms with Gasteiger partial charge in [0.05, 0.1) is 0 Å². The van der Waals surface area contributed by atoms with Gasteiger partial charge in [-0.1, -0.05) is 0 Å². The van der Waals surface area contributed by atoms with Crippen LogP contribution in [0.1, 0.15) is 19.3 Å². The first-order valence-electron chi connectivity index (χ1n) is 5.17. The number of hydrazine groups is 1. The van der Waals surface area contributed by atoms with Crippen molar-refractivity contribution in [1.82, 2.24) is 10.0 Å². The number of nitrogens with zero attached hydrogens (tertiary/aromatic N) is 2. The molecule has 1 saturated heterocycles. The third-order valence-electron chi connectivity index (χ3n) is 2.83. The molecular weight excluding hydrogens is 164 g/mol. The zero-order valence-corrected chi connectivity index (χ0v) is 8.58. The Labute approximate surface area is 80.8 Å². The minimum Gasteiger partial charge on any atom is -0.330 e. The molecular formula is C9H22N4. The molecule has 0 saturated carbocycles. The van der Waals surface area contributed by atoms with E-state index in [1.165, 1.54) is 25.9 Å². The van der Waals surface area contributed by atoms with Crippen LogP contribution < -0.4 is 11.5 Å². The van der Waals surface area contributed by atoms with Gasteiger partial charge in [0.15, 0.2) is 0 Å². The molecule has 1 unspecified atom stereocenters. The van der Waals surface area contributed by atoms with Crippen molar-refractivity contribution in [2.75, 3.05) is 33.2 Å². The molecule has 13 heavy (non-hydrogen) atoms. The van der Waals surface area contributed by atoms with Gasteiger partial charge in [-0.3, -0.25) is 0 Å². The summed E-state index contributed by atoms with van der Waals surface area (Å²) >= 11 is 0. The summed E-state index contributed by atoms with van der Waals surface area (Å²) in [5, 5.41) is 4.66. The Kier molecular flexibility index (Phi) is 4.66. The molecule has 0 radical (unpaired) electrons. The van der Waals surface area contributed by atoms with Gasteiger partial charge < -0.3 is 11.5 Å². The maximum Gasteiger partial charge on any atom is 0.0377 e. The van der Waals surface area contributed by atoms with Crippen LogP contribution in [0.25, 0.3) is 0 Å². The van der Waals surface area contributed by atoms with Gasteiger partial charge in [0.2, 0.25) is 0 Å². The molecule has 4 nitrogen and oxygen atoms in total. The molecule has 0 aliphatic carbocycles. The van der Waals surface area contributed by atoms with E-state index in [1.807, 2.05) is 0 Å². The number of rotatable bonds is 5. The predicted octanol–water partition coefficient (Wildman–Crippen LogP) is -0.395. The molecule has 0 aromatic carbocycles. The number of hydrogen-bond acceptors (Lipinski definition) is 4. The molecule has 1 heterocycles. The summed E-state index contributed by atoms with van der Waals surface area (Å²) in [6, 6.07) is 0.420. The fraction of sp³-hybridized carbons (Fsp3) is 1.00. The predicted molar refractivity (Wildman–Crippen MR) is 55.1 cm³/mol. The second-order valence-corrected chi connectivity index (χ2v) is 3.70. The summed E-state index contributed by atoms with van der Waals surface area (Å²) in [6.07, 6.45) is 3.61. The van der Waals surface area contributed by atoms with Crippen LogP contribution in [0.15, 0.2) is 0 Å². The standard InChI is InChI=1S/C9H22N4/c1-12(9(8-11)4-5-10)13-6-2-3-7-13/h9H,2-8,10-11H2,1H3. The monoisotopic (exact) mass is 186 g/mol. The van der Waals surface area contributed by atoms with Crippen LogP contribution in [0.4, 0.5) is 0 Å². The van der Waals surface area contributed by atoms with E-state index >= 15 is 0 Å². The quantitative estimate of drug-likeness (QED) is 0.614. The zero-order valence-electron chi connectivity index (χ0n) is 8.58. The highest BCUT2D eigenvalue weighted by molar-refractivity contribution is 4.72. The highest BCUT2D eigenvalue weighted by Crippen LogP contribution is 2.12. The van der Waals surface area contributed by atoms with E-state index in [0.29, 0.717) is 12.6 Å². The largest absolute Gasteiger partial charge is 0.330 e. The van der Waals surface area contributed by atoms with Crippen LogP contribution in [-0.2, 0) is 0 Å². The number of nitrogens with two attached hydrogens (primary N) is 2. The van der Waals surface area contributed by atoms with Crippen molar-refractivity contribution in [1.29, 1.82) is 0 Å². The molecule has 1 fully saturated rings. The number of likely N-dealkylation sites (N-methyl/N-ethyl adjacent to an activating group) is 1. The van der Waals surface area contributed by atoms with E-state index in [-0.39, 0.29) is 0 Å². The summed E-state index contributed by atoms with van der Waals surface area (Å²) in [6.45, 7) is 3.78. The first-order chi connectivity index (χ1) is 6.29. The Morgan fingerprint density at radius 2 is 1.92 bits per heavy atom. The normalized spacial score (nSPS) is 21.2. The lowest BCUT2D eigenvalue weighted by Crippen LogP contribution is -2.48. The van der Waals surface area contributed by atoms with Crippen LogP contribution in [0, 0.1) is 0 Å². The van der Waals surface area contributed by atoms with Crippen molar-refractivity contribution in [3.63, 3.8) is 0 Å². The Morgan fingerprint density at radius 3 is 2.38 bits per heavy atom. The molecule has 0 amide bonds. The van der Waals surface area contributed by atoms with Gasteiger partial charge in [-0.2, -0.15) is 0 Å². The van der Waals surface area contributed by atoms with Crippen molar-refractivity contribution in [2.24, 2.45) is 11.5 Å². The lowest BCUT2D eigenvalue weighted by Gasteiger charge is -2.34. The van der Waals surface area contributed by atoms with E-state index in [4.69, 9.17) is 11.5 Å². The molecule has 0 aromatic heterocycles. The maximum atomic E-state index is 5.70. The number of hydrogen-bond donors (Lipinski definition) is 2. The molecule has 1 rings (SSSR count). The summed E-state index contributed by atoms with van der Waals surface area (Å²) in [5.41, 5.74) is 11.2. The molecule has 1 aliphatic heterocycles. The second-order valence-electron chi connectivity index (χ2n) is 3.70. The highest BCUT2D eigenvalue weighted by Gasteiger charge is 2.21. The molecule has 4 N–H and O–H groups in total. The van der Waals surface area contributed by atoms with Gasteiger partial charge in [-0.25, -0.2) is 10.0 Å². The highest BCUT2D eigenvalue weighted by atomic mass is 15.6. The third kappa shape index (κ3) is 2.91. The maximum absolute atomic E-state index is 5.70. The molecule has 1 atom stereocenters. The molecule has 0 spiro atoms. The molecule has 78 valence electrons. The fourth-order valence-corrected chi connectivity index (χ4v) is 1.90. The Balaban J connectivity index is 2.37. The molecule has 1 aliphatic rings. The topological polar surface area (TPSA) is 58.5 Å². The fourth-order valence-electron chi connectivity index (χ4n) is 1.90. The summed E-state index contributed by atoms with van der Waals surface area (Å²) in [4.78, 5) is 0. The van der Waals surface area contributed by atoms with Crippen LogP contribution in [0.3, 0.4) is 0 Å².